The van der Waals surface area contributed by atoms with Gasteiger partial charge >= 0.3 is 0 Å². The lowest BCUT2D eigenvalue weighted by molar-refractivity contribution is -0.218. The molecule has 0 N–H and O–H groups in total. The second-order valence-electron chi connectivity index (χ2n) is 14.1. The van der Waals surface area contributed by atoms with Crippen LogP contribution in [0.5, 0.6) is 0 Å². The molecule has 0 aromatic rings. The summed E-state index contributed by atoms with van der Waals surface area (Å²) in [5, 5.41) is 0. The quantitative estimate of drug-likeness (QED) is 0.0685. The average molecular weight is 615 g/mol. The number of rotatable bonds is 26. The second-order valence-corrected chi connectivity index (χ2v) is 14.1. The van der Waals surface area contributed by atoms with Crippen LogP contribution in [-0.4, -0.2) is 101 Å². The molecule has 9 nitrogen and oxygen atoms in total. The van der Waals surface area contributed by atoms with Crippen LogP contribution >= 0.6 is 0 Å². The molecule has 0 spiro atoms. The maximum absolute atomic E-state index is 6.48. The molecule has 4 aliphatic rings. The highest BCUT2D eigenvalue weighted by molar-refractivity contribution is 4.79. The molecule has 0 amide bonds. The Balaban J connectivity index is 1.23. The monoisotopic (exact) mass is 614 g/mol. The third-order valence-corrected chi connectivity index (χ3v) is 9.82. The first-order valence-corrected chi connectivity index (χ1v) is 17.2. The predicted octanol–water partition coefficient (Wildman–Crippen LogP) is 5.76. The molecule has 12 atom stereocenters. The smallest absolute Gasteiger partial charge is 0.160 e. The average Bonchev–Trinajstić information content (AvgIpc) is 3.76. The molecule has 43 heavy (non-hydrogen) atoms. The standard InChI is InChI=1S/C34H62O9/c1-21(13-29-17-36-29)25(5)40-33(41-26(6)22(2)14-30-18-37-30)9-11-35-12-10-34(42-27(7)23(3)15-31-19-38-31)43-28(8)24(4)16-32-20-39-32/h21-34H,9-20H2,1-8H3. The highest BCUT2D eigenvalue weighted by Crippen LogP contribution is 2.29. The van der Waals surface area contributed by atoms with Gasteiger partial charge in [-0.1, -0.05) is 27.7 Å². The number of hydrogen-bond acceptors (Lipinski definition) is 9. The van der Waals surface area contributed by atoms with Crippen molar-refractivity contribution in [1.29, 1.82) is 0 Å². The fraction of sp³-hybridized carbons (Fsp3) is 1.00. The first kappa shape index (κ1) is 35.5. The largest absolute Gasteiger partial charge is 0.381 e. The molecule has 0 radical (unpaired) electrons. The topological polar surface area (TPSA) is 96.3 Å². The van der Waals surface area contributed by atoms with Gasteiger partial charge in [-0.05, 0) is 77.0 Å². The molecule has 9 heteroatoms. The molecule has 4 aliphatic heterocycles. The molecule has 0 bridgehead atoms. The zero-order valence-corrected chi connectivity index (χ0v) is 28.2. The number of epoxide rings is 4. The van der Waals surface area contributed by atoms with Gasteiger partial charge in [-0.25, -0.2) is 0 Å². The van der Waals surface area contributed by atoms with Crippen molar-refractivity contribution >= 4 is 0 Å². The van der Waals surface area contributed by atoms with E-state index < -0.39 is 0 Å². The lowest BCUT2D eigenvalue weighted by atomic mass is 10.00. The molecule has 4 fully saturated rings. The number of hydrogen-bond donors (Lipinski definition) is 0. The molecule has 0 aromatic heterocycles. The Labute approximate surface area is 261 Å². The van der Waals surface area contributed by atoms with Gasteiger partial charge in [-0.15, -0.1) is 0 Å². The fourth-order valence-corrected chi connectivity index (χ4v) is 5.53. The highest BCUT2D eigenvalue weighted by atomic mass is 16.7. The Morgan fingerprint density at radius 1 is 0.442 bits per heavy atom. The van der Waals surface area contributed by atoms with Gasteiger partial charge in [-0.2, -0.15) is 0 Å². The van der Waals surface area contributed by atoms with Crippen LogP contribution in [0.4, 0.5) is 0 Å². The van der Waals surface area contributed by atoms with Crippen molar-refractivity contribution in [1.82, 2.24) is 0 Å². The summed E-state index contributed by atoms with van der Waals surface area (Å²) in [5.41, 5.74) is 0. The first-order valence-electron chi connectivity index (χ1n) is 17.2. The summed E-state index contributed by atoms with van der Waals surface area (Å²) in [7, 11) is 0. The molecule has 0 aliphatic carbocycles. The fourth-order valence-electron chi connectivity index (χ4n) is 5.53. The van der Waals surface area contributed by atoms with Crippen molar-refractivity contribution in [2.75, 3.05) is 39.6 Å². The minimum Gasteiger partial charge on any atom is -0.381 e. The lowest BCUT2D eigenvalue weighted by Gasteiger charge is -2.31. The normalized spacial score (nSPS) is 31.3. The van der Waals surface area contributed by atoms with Gasteiger partial charge in [0.1, 0.15) is 0 Å². The second kappa shape index (κ2) is 17.5. The van der Waals surface area contributed by atoms with Gasteiger partial charge in [0, 0.05) is 12.8 Å². The Kier molecular flexibility index (Phi) is 14.5. The zero-order chi connectivity index (χ0) is 30.9. The maximum Gasteiger partial charge on any atom is 0.160 e. The van der Waals surface area contributed by atoms with Crippen LogP contribution in [0.15, 0.2) is 0 Å². The summed E-state index contributed by atoms with van der Waals surface area (Å²) in [4.78, 5) is 0. The van der Waals surface area contributed by atoms with E-state index in [1.165, 1.54) is 0 Å². The first-order chi connectivity index (χ1) is 20.6. The Bertz CT molecular complexity index is 651. The summed E-state index contributed by atoms with van der Waals surface area (Å²) in [6.45, 7) is 22.1. The third-order valence-electron chi connectivity index (χ3n) is 9.82. The van der Waals surface area contributed by atoms with Crippen molar-refractivity contribution < 1.29 is 42.6 Å². The van der Waals surface area contributed by atoms with Gasteiger partial charge in [0.15, 0.2) is 12.6 Å². The predicted molar refractivity (Wildman–Crippen MR) is 164 cm³/mol. The van der Waals surface area contributed by atoms with Crippen LogP contribution in [0.1, 0.15) is 93.9 Å². The minimum atomic E-state index is -0.325. The van der Waals surface area contributed by atoms with E-state index in [4.69, 9.17) is 42.6 Å². The van der Waals surface area contributed by atoms with Gasteiger partial charge in [0.2, 0.25) is 0 Å². The summed E-state index contributed by atoms with van der Waals surface area (Å²) in [5.74, 6) is 1.59. The molecule has 252 valence electrons. The molecule has 12 unspecified atom stereocenters. The zero-order valence-electron chi connectivity index (χ0n) is 28.2. The summed E-state index contributed by atoms with van der Waals surface area (Å²) in [6, 6.07) is 0. The molecule has 4 saturated heterocycles. The van der Waals surface area contributed by atoms with Gasteiger partial charge < -0.3 is 42.6 Å². The van der Waals surface area contributed by atoms with Gasteiger partial charge in [0.05, 0.1) is 88.5 Å². The van der Waals surface area contributed by atoms with Crippen LogP contribution in [-0.2, 0) is 42.6 Å². The third kappa shape index (κ3) is 14.3. The van der Waals surface area contributed by atoms with Crippen molar-refractivity contribution in [3.05, 3.63) is 0 Å². The summed E-state index contributed by atoms with van der Waals surface area (Å²) >= 11 is 0. The van der Waals surface area contributed by atoms with Gasteiger partial charge in [0.25, 0.3) is 0 Å². The van der Waals surface area contributed by atoms with Crippen LogP contribution in [0.25, 0.3) is 0 Å². The molecule has 0 saturated carbocycles. The van der Waals surface area contributed by atoms with E-state index in [0.717, 1.165) is 52.1 Å². The van der Waals surface area contributed by atoms with E-state index in [1.54, 1.807) is 0 Å². The molecule has 4 rings (SSSR count). The van der Waals surface area contributed by atoms with Crippen molar-refractivity contribution in [3.8, 4) is 0 Å². The van der Waals surface area contributed by atoms with Crippen molar-refractivity contribution in [2.24, 2.45) is 23.7 Å². The van der Waals surface area contributed by atoms with E-state index in [9.17, 15) is 0 Å². The van der Waals surface area contributed by atoms with E-state index in [1.807, 2.05) is 0 Å². The molecule has 4 heterocycles. The van der Waals surface area contributed by atoms with Crippen molar-refractivity contribution in [3.63, 3.8) is 0 Å². The summed E-state index contributed by atoms with van der Waals surface area (Å²) < 4.78 is 53.9. The lowest BCUT2D eigenvalue weighted by Crippen LogP contribution is -2.34. The van der Waals surface area contributed by atoms with Crippen LogP contribution in [0.3, 0.4) is 0 Å². The Hall–Kier alpha value is -0.360. The van der Waals surface area contributed by atoms with E-state index in [2.05, 4.69) is 55.4 Å². The Morgan fingerprint density at radius 2 is 0.674 bits per heavy atom. The molecule has 0 aromatic carbocycles. The highest BCUT2D eigenvalue weighted by Gasteiger charge is 2.33. The van der Waals surface area contributed by atoms with Crippen LogP contribution in [0.2, 0.25) is 0 Å². The number of ether oxygens (including phenoxy) is 9. The van der Waals surface area contributed by atoms with Crippen LogP contribution in [0, 0.1) is 23.7 Å². The van der Waals surface area contributed by atoms with Crippen LogP contribution < -0.4 is 0 Å². The SMILES string of the molecule is CC(CC1CO1)C(C)OC(CCOCCC(OC(C)C(C)CC1CO1)OC(C)C(C)CC1CO1)OC(C)C(C)CC1CO1. The molecular formula is C34H62O9. The molecular weight excluding hydrogens is 552 g/mol. The Morgan fingerprint density at radius 3 is 0.884 bits per heavy atom. The van der Waals surface area contributed by atoms with Crippen molar-refractivity contribution in [2.45, 2.75) is 155 Å². The minimum absolute atomic E-state index is 0.0729. The van der Waals surface area contributed by atoms with E-state index in [0.29, 0.717) is 74.1 Å². The summed E-state index contributed by atoms with van der Waals surface area (Å²) in [6.07, 6.45) is 6.62. The maximum atomic E-state index is 6.48. The van der Waals surface area contributed by atoms with E-state index >= 15 is 0 Å². The van der Waals surface area contributed by atoms with Gasteiger partial charge in [-0.3, -0.25) is 0 Å². The van der Waals surface area contributed by atoms with E-state index in [-0.39, 0.29) is 37.0 Å².